The van der Waals surface area contributed by atoms with Crippen molar-refractivity contribution >= 4 is 0 Å². The number of pyridine rings is 1. The van der Waals surface area contributed by atoms with E-state index in [4.69, 9.17) is 10.00 Å². The third-order valence-corrected chi connectivity index (χ3v) is 4.00. The average molecular weight is 310 g/mol. The van der Waals surface area contributed by atoms with Gasteiger partial charge in [0, 0.05) is 11.3 Å². The largest absolute Gasteiger partial charge is 0.457 e. The lowest BCUT2D eigenvalue weighted by atomic mass is 10.1. The molecule has 0 saturated heterocycles. The van der Waals surface area contributed by atoms with E-state index in [0.717, 1.165) is 35.2 Å². The number of hydrogen-bond acceptors (Lipinski definition) is 3. The molecule has 0 radical (unpaired) electrons. The number of nitrogens with one attached hydrogen (secondary N) is 1. The first-order chi connectivity index (χ1) is 11.0. The van der Waals surface area contributed by atoms with Gasteiger partial charge in [0.15, 0.2) is 0 Å². The van der Waals surface area contributed by atoms with E-state index in [2.05, 4.69) is 18.0 Å². The Morgan fingerprint density at radius 2 is 1.83 bits per heavy atom. The van der Waals surface area contributed by atoms with E-state index < -0.39 is 0 Å². The van der Waals surface area contributed by atoms with Crippen molar-refractivity contribution in [1.29, 1.82) is 5.26 Å². The first-order valence-electron chi connectivity index (χ1n) is 7.90. The Kier molecular flexibility index (Phi) is 5.23. The van der Waals surface area contributed by atoms with Gasteiger partial charge in [-0.2, -0.15) is 5.26 Å². The fourth-order valence-electron chi connectivity index (χ4n) is 2.71. The zero-order valence-corrected chi connectivity index (χ0v) is 14.1. The molecule has 2 rings (SSSR count). The molecular formula is C19H22N2O2. The monoisotopic (exact) mass is 310 g/mol. The van der Waals surface area contributed by atoms with Crippen molar-refractivity contribution in [3.63, 3.8) is 0 Å². The summed E-state index contributed by atoms with van der Waals surface area (Å²) in [6.07, 6.45) is 1.99. The van der Waals surface area contributed by atoms with E-state index in [1.165, 1.54) is 0 Å². The molecular weight excluding hydrogens is 288 g/mol. The summed E-state index contributed by atoms with van der Waals surface area (Å²) in [7, 11) is 0. The Hall–Kier alpha value is -2.54. The Balaban J connectivity index is 2.53. The van der Waals surface area contributed by atoms with Crippen LogP contribution in [0.1, 0.15) is 41.8 Å². The van der Waals surface area contributed by atoms with Crippen molar-refractivity contribution in [3.8, 4) is 17.6 Å². The molecule has 0 aliphatic heterocycles. The van der Waals surface area contributed by atoms with Crippen LogP contribution in [-0.2, 0) is 19.3 Å². The molecule has 0 aliphatic carbocycles. The van der Waals surface area contributed by atoms with Crippen LogP contribution in [0.4, 0.5) is 0 Å². The van der Waals surface area contributed by atoms with Gasteiger partial charge in [0.2, 0.25) is 0 Å². The number of aromatic amines is 1. The highest BCUT2D eigenvalue weighted by Crippen LogP contribution is 2.30. The van der Waals surface area contributed by atoms with Crippen LogP contribution in [-0.4, -0.2) is 4.98 Å². The Morgan fingerprint density at radius 1 is 1.13 bits per heavy atom. The molecule has 0 aliphatic rings. The fourth-order valence-corrected chi connectivity index (χ4v) is 2.71. The standard InChI is InChI=1S/C19H22N2O2/c1-5-14-9-15(7-8-20)11-16(10-14)23-18-12(3)19(22)21-13(4)17(18)6-2/h9-11H,5-7H2,1-4H3,(H,21,22). The number of ether oxygens (including phenoxy) is 1. The van der Waals surface area contributed by atoms with Crippen molar-refractivity contribution in [1.82, 2.24) is 4.98 Å². The lowest BCUT2D eigenvalue weighted by molar-refractivity contribution is 0.469. The lowest BCUT2D eigenvalue weighted by Crippen LogP contribution is -2.15. The topological polar surface area (TPSA) is 65.9 Å². The molecule has 120 valence electrons. The number of aryl methyl sites for hydroxylation is 2. The van der Waals surface area contributed by atoms with Gasteiger partial charge in [-0.25, -0.2) is 0 Å². The van der Waals surface area contributed by atoms with Gasteiger partial charge in [0.05, 0.1) is 18.1 Å². The molecule has 0 fully saturated rings. The van der Waals surface area contributed by atoms with E-state index in [1.54, 1.807) is 6.92 Å². The smallest absolute Gasteiger partial charge is 0.254 e. The van der Waals surface area contributed by atoms with Gasteiger partial charge in [0.25, 0.3) is 5.56 Å². The molecule has 4 heteroatoms. The minimum Gasteiger partial charge on any atom is -0.457 e. The summed E-state index contributed by atoms with van der Waals surface area (Å²) >= 11 is 0. The lowest BCUT2D eigenvalue weighted by Gasteiger charge is -2.16. The second-order valence-corrected chi connectivity index (χ2v) is 5.64. The van der Waals surface area contributed by atoms with Crippen molar-refractivity contribution in [2.45, 2.75) is 47.0 Å². The second kappa shape index (κ2) is 7.15. The molecule has 1 aromatic carbocycles. The van der Waals surface area contributed by atoms with E-state index in [0.29, 0.717) is 23.5 Å². The zero-order valence-electron chi connectivity index (χ0n) is 14.1. The fraction of sp³-hybridized carbons (Fsp3) is 0.368. The SMILES string of the molecule is CCc1cc(CC#N)cc(Oc2c(CC)c(C)[nH]c(=O)c2C)c1. The molecule has 23 heavy (non-hydrogen) atoms. The summed E-state index contributed by atoms with van der Waals surface area (Å²) in [6, 6.07) is 8.03. The van der Waals surface area contributed by atoms with Gasteiger partial charge < -0.3 is 9.72 Å². The van der Waals surface area contributed by atoms with Crippen LogP contribution < -0.4 is 10.3 Å². The Morgan fingerprint density at radius 3 is 2.43 bits per heavy atom. The van der Waals surface area contributed by atoms with Crippen LogP contribution in [0.25, 0.3) is 0 Å². The summed E-state index contributed by atoms with van der Waals surface area (Å²) in [4.78, 5) is 14.9. The maximum atomic E-state index is 12.0. The van der Waals surface area contributed by atoms with E-state index >= 15 is 0 Å². The highest BCUT2D eigenvalue weighted by atomic mass is 16.5. The first kappa shape index (κ1) is 16.8. The number of benzene rings is 1. The number of nitrogens with zero attached hydrogens (tertiary/aromatic N) is 1. The maximum Gasteiger partial charge on any atom is 0.254 e. The Bertz CT molecular complexity index is 813. The zero-order chi connectivity index (χ0) is 17.0. The minimum atomic E-state index is -0.126. The van der Waals surface area contributed by atoms with Crippen molar-refractivity contribution in [2.75, 3.05) is 0 Å². The van der Waals surface area contributed by atoms with Gasteiger partial charge in [-0.1, -0.05) is 19.9 Å². The number of hydrogen-bond donors (Lipinski definition) is 1. The van der Waals surface area contributed by atoms with Crippen LogP contribution in [0.15, 0.2) is 23.0 Å². The maximum absolute atomic E-state index is 12.0. The third-order valence-electron chi connectivity index (χ3n) is 4.00. The van der Waals surface area contributed by atoms with Gasteiger partial charge in [-0.15, -0.1) is 0 Å². The molecule has 0 amide bonds. The van der Waals surface area contributed by atoms with Crippen LogP contribution >= 0.6 is 0 Å². The van der Waals surface area contributed by atoms with Crippen LogP contribution in [0.3, 0.4) is 0 Å². The summed E-state index contributed by atoms with van der Waals surface area (Å²) in [6.45, 7) is 7.76. The molecule has 1 N–H and O–H groups in total. The van der Waals surface area contributed by atoms with Gasteiger partial charge >= 0.3 is 0 Å². The predicted octanol–water partition coefficient (Wildman–Crippen LogP) is 3.97. The Labute approximate surface area is 136 Å². The van der Waals surface area contributed by atoms with Crippen molar-refractivity contribution in [2.24, 2.45) is 0 Å². The average Bonchev–Trinajstić information content (AvgIpc) is 2.52. The molecule has 4 nitrogen and oxygen atoms in total. The molecule has 1 aromatic heterocycles. The van der Waals surface area contributed by atoms with Crippen LogP contribution in [0.5, 0.6) is 11.5 Å². The molecule has 1 heterocycles. The van der Waals surface area contributed by atoms with Crippen molar-refractivity contribution in [3.05, 3.63) is 56.5 Å². The summed E-state index contributed by atoms with van der Waals surface area (Å²) in [5.74, 6) is 1.31. The van der Waals surface area contributed by atoms with E-state index in [-0.39, 0.29) is 5.56 Å². The first-order valence-corrected chi connectivity index (χ1v) is 7.90. The minimum absolute atomic E-state index is 0.126. The molecule has 0 atom stereocenters. The van der Waals surface area contributed by atoms with E-state index in [9.17, 15) is 4.79 Å². The van der Waals surface area contributed by atoms with Gasteiger partial charge in [-0.05, 0) is 49.9 Å². The molecule has 0 bridgehead atoms. The predicted molar refractivity (Wildman–Crippen MR) is 91.1 cm³/mol. The van der Waals surface area contributed by atoms with Crippen LogP contribution in [0.2, 0.25) is 0 Å². The normalized spacial score (nSPS) is 10.4. The molecule has 0 saturated carbocycles. The third kappa shape index (κ3) is 3.62. The summed E-state index contributed by atoms with van der Waals surface area (Å²) in [5, 5.41) is 8.93. The van der Waals surface area contributed by atoms with E-state index in [1.807, 2.05) is 32.0 Å². The number of nitriles is 1. The summed E-state index contributed by atoms with van der Waals surface area (Å²) in [5.41, 5.74) is 4.34. The quantitative estimate of drug-likeness (QED) is 0.908. The van der Waals surface area contributed by atoms with Crippen molar-refractivity contribution < 1.29 is 4.74 Å². The highest BCUT2D eigenvalue weighted by Gasteiger charge is 2.14. The summed E-state index contributed by atoms with van der Waals surface area (Å²) < 4.78 is 6.09. The second-order valence-electron chi connectivity index (χ2n) is 5.64. The highest BCUT2D eigenvalue weighted by molar-refractivity contribution is 5.46. The molecule has 2 aromatic rings. The van der Waals surface area contributed by atoms with Crippen LogP contribution in [0, 0.1) is 25.2 Å². The number of aromatic nitrogens is 1. The molecule has 0 unspecified atom stereocenters. The number of rotatable bonds is 5. The van der Waals surface area contributed by atoms with Gasteiger partial charge in [0.1, 0.15) is 11.5 Å². The molecule has 0 spiro atoms. The van der Waals surface area contributed by atoms with Gasteiger partial charge in [-0.3, -0.25) is 4.79 Å². The number of H-pyrrole nitrogens is 1.